The Bertz CT molecular complexity index is 505. The Morgan fingerprint density at radius 2 is 2.06 bits per heavy atom. The van der Waals surface area contributed by atoms with E-state index in [0.717, 1.165) is 12.1 Å². The number of hydrogen-bond donors (Lipinski definition) is 1. The Balaban J connectivity index is 2.21. The summed E-state index contributed by atoms with van der Waals surface area (Å²) in [6.07, 6.45) is 0. The van der Waals surface area contributed by atoms with Gasteiger partial charge < -0.3 is 9.84 Å². The zero-order valence-corrected chi connectivity index (χ0v) is 10.4. The van der Waals surface area contributed by atoms with Gasteiger partial charge in [-0.2, -0.15) is 4.98 Å². The van der Waals surface area contributed by atoms with E-state index in [0.29, 0.717) is 18.3 Å². The van der Waals surface area contributed by atoms with E-state index in [-0.39, 0.29) is 0 Å². The van der Waals surface area contributed by atoms with E-state index in [2.05, 4.69) is 41.4 Å². The summed E-state index contributed by atoms with van der Waals surface area (Å²) in [5.41, 5.74) is 3.47. The van der Waals surface area contributed by atoms with Crippen molar-refractivity contribution in [3.8, 4) is 11.5 Å². The minimum atomic E-state index is 0.584. The minimum absolute atomic E-state index is 0.584. The Labute approximate surface area is 101 Å². The van der Waals surface area contributed by atoms with Crippen LogP contribution in [0.25, 0.3) is 11.5 Å². The molecule has 0 aliphatic rings. The minimum Gasteiger partial charge on any atom is -0.334 e. The van der Waals surface area contributed by atoms with Gasteiger partial charge in [-0.3, -0.25) is 0 Å². The van der Waals surface area contributed by atoms with E-state index in [1.807, 2.05) is 13.0 Å². The molecule has 0 atom stereocenters. The van der Waals surface area contributed by atoms with Crippen LogP contribution in [0.4, 0.5) is 0 Å². The van der Waals surface area contributed by atoms with Crippen molar-refractivity contribution >= 4 is 0 Å². The molecule has 4 heteroatoms. The van der Waals surface area contributed by atoms with Crippen LogP contribution in [0.1, 0.15) is 23.9 Å². The predicted octanol–water partition coefficient (Wildman–Crippen LogP) is 2.46. The van der Waals surface area contributed by atoms with E-state index >= 15 is 0 Å². The molecule has 1 N–H and O–H groups in total. The van der Waals surface area contributed by atoms with E-state index in [4.69, 9.17) is 4.52 Å². The average molecular weight is 231 g/mol. The van der Waals surface area contributed by atoms with Gasteiger partial charge in [0, 0.05) is 5.56 Å². The fourth-order valence-corrected chi connectivity index (χ4v) is 1.55. The first-order valence-electron chi connectivity index (χ1n) is 5.81. The number of nitrogens with zero attached hydrogens (tertiary/aromatic N) is 2. The Morgan fingerprint density at radius 3 is 2.76 bits per heavy atom. The second-order valence-electron chi connectivity index (χ2n) is 4.10. The molecule has 0 aliphatic carbocycles. The maximum atomic E-state index is 5.24. The summed E-state index contributed by atoms with van der Waals surface area (Å²) in [6, 6.07) is 6.14. The van der Waals surface area contributed by atoms with Crippen LogP contribution in [0.2, 0.25) is 0 Å². The van der Waals surface area contributed by atoms with E-state index < -0.39 is 0 Å². The van der Waals surface area contributed by atoms with Gasteiger partial charge in [-0.15, -0.1) is 0 Å². The molecule has 0 saturated heterocycles. The van der Waals surface area contributed by atoms with Gasteiger partial charge in [-0.25, -0.2) is 0 Å². The molecule has 90 valence electrons. The van der Waals surface area contributed by atoms with Gasteiger partial charge >= 0.3 is 0 Å². The summed E-state index contributed by atoms with van der Waals surface area (Å²) in [5.74, 6) is 1.28. The smallest absolute Gasteiger partial charge is 0.257 e. The molecule has 0 radical (unpaired) electrons. The maximum absolute atomic E-state index is 5.24. The predicted molar refractivity (Wildman–Crippen MR) is 66.6 cm³/mol. The van der Waals surface area contributed by atoms with Gasteiger partial charge in [-0.1, -0.05) is 18.1 Å². The molecule has 0 fully saturated rings. The molecule has 0 saturated carbocycles. The lowest BCUT2D eigenvalue weighted by Crippen LogP contribution is -2.12. The number of aryl methyl sites for hydroxylation is 2. The zero-order chi connectivity index (χ0) is 12.3. The standard InChI is InChI=1S/C13H17N3O/c1-4-14-8-12-15-13(17-16-12)11-6-5-9(2)10(3)7-11/h5-7,14H,4,8H2,1-3H3. The zero-order valence-electron chi connectivity index (χ0n) is 10.4. The van der Waals surface area contributed by atoms with Gasteiger partial charge in [0.1, 0.15) is 0 Å². The van der Waals surface area contributed by atoms with E-state index in [1.165, 1.54) is 11.1 Å². The first kappa shape index (κ1) is 11.8. The van der Waals surface area contributed by atoms with Crippen molar-refractivity contribution in [2.45, 2.75) is 27.3 Å². The van der Waals surface area contributed by atoms with Gasteiger partial charge in [0.25, 0.3) is 5.89 Å². The Morgan fingerprint density at radius 1 is 1.24 bits per heavy atom. The summed E-state index contributed by atoms with van der Waals surface area (Å²) in [5, 5.41) is 7.10. The van der Waals surface area contributed by atoms with Crippen LogP contribution in [0, 0.1) is 13.8 Å². The summed E-state index contributed by atoms with van der Waals surface area (Å²) >= 11 is 0. The molecule has 1 heterocycles. The van der Waals surface area contributed by atoms with Crippen LogP contribution in [0.5, 0.6) is 0 Å². The molecule has 1 aromatic carbocycles. The molecule has 2 aromatic rings. The first-order chi connectivity index (χ1) is 8.20. The second kappa shape index (κ2) is 5.10. The molecule has 2 rings (SSSR count). The maximum Gasteiger partial charge on any atom is 0.257 e. The lowest BCUT2D eigenvalue weighted by Gasteiger charge is -2.00. The van der Waals surface area contributed by atoms with Crippen LogP contribution in [0.15, 0.2) is 22.7 Å². The van der Waals surface area contributed by atoms with Crippen LogP contribution >= 0.6 is 0 Å². The van der Waals surface area contributed by atoms with E-state index in [9.17, 15) is 0 Å². The number of rotatable bonds is 4. The first-order valence-corrected chi connectivity index (χ1v) is 5.81. The van der Waals surface area contributed by atoms with Gasteiger partial charge in [0.15, 0.2) is 5.82 Å². The largest absolute Gasteiger partial charge is 0.334 e. The molecule has 17 heavy (non-hydrogen) atoms. The fourth-order valence-electron chi connectivity index (χ4n) is 1.55. The average Bonchev–Trinajstić information content (AvgIpc) is 2.79. The normalized spacial score (nSPS) is 10.8. The molecule has 0 aliphatic heterocycles. The van der Waals surface area contributed by atoms with Crippen molar-refractivity contribution in [3.63, 3.8) is 0 Å². The fraction of sp³-hybridized carbons (Fsp3) is 0.385. The number of aromatic nitrogens is 2. The van der Waals surface area contributed by atoms with Crippen molar-refractivity contribution < 1.29 is 4.52 Å². The van der Waals surface area contributed by atoms with Crippen LogP contribution in [0.3, 0.4) is 0 Å². The molecule has 0 amide bonds. The summed E-state index contributed by atoms with van der Waals surface area (Å²) in [4.78, 5) is 4.35. The molecule has 1 aromatic heterocycles. The molecule has 0 spiro atoms. The van der Waals surface area contributed by atoms with Gasteiger partial charge in [-0.05, 0) is 43.7 Å². The lowest BCUT2D eigenvalue weighted by atomic mass is 10.1. The third kappa shape index (κ3) is 2.71. The van der Waals surface area contributed by atoms with Crippen molar-refractivity contribution in [1.82, 2.24) is 15.5 Å². The molecular formula is C13H17N3O. The van der Waals surface area contributed by atoms with Crippen molar-refractivity contribution in [3.05, 3.63) is 35.2 Å². The number of nitrogens with one attached hydrogen (secondary N) is 1. The highest BCUT2D eigenvalue weighted by Gasteiger charge is 2.08. The molecule has 0 unspecified atom stereocenters. The summed E-state index contributed by atoms with van der Waals surface area (Å²) in [6.45, 7) is 7.75. The topological polar surface area (TPSA) is 51.0 Å². The van der Waals surface area contributed by atoms with Gasteiger partial charge in [0.05, 0.1) is 6.54 Å². The number of benzene rings is 1. The van der Waals surface area contributed by atoms with Crippen LogP contribution in [-0.4, -0.2) is 16.7 Å². The van der Waals surface area contributed by atoms with Gasteiger partial charge in [0.2, 0.25) is 0 Å². The SMILES string of the molecule is CCNCc1noc(-c2ccc(C)c(C)c2)n1. The highest BCUT2D eigenvalue weighted by Crippen LogP contribution is 2.20. The highest BCUT2D eigenvalue weighted by molar-refractivity contribution is 5.55. The second-order valence-corrected chi connectivity index (χ2v) is 4.10. The van der Waals surface area contributed by atoms with Crippen LogP contribution < -0.4 is 5.32 Å². The quantitative estimate of drug-likeness (QED) is 0.878. The highest BCUT2D eigenvalue weighted by atomic mass is 16.5. The number of hydrogen-bond acceptors (Lipinski definition) is 4. The Kier molecular flexibility index (Phi) is 3.54. The third-order valence-electron chi connectivity index (χ3n) is 2.76. The molecule has 0 bridgehead atoms. The van der Waals surface area contributed by atoms with E-state index in [1.54, 1.807) is 0 Å². The van der Waals surface area contributed by atoms with Crippen molar-refractivity contribution in [2.75, 3.05) is 6.54 Å². The third-order valence-corrected chi connectivity index (χ3v) is 2.76. The summed E-state index contributed by atoms with van der Waals surface area (Å²) < 4.78 is 5.24. The summed E-state index contributed by atoms with van der Waals surface area (Å²) in [7, 11) is 0. The molecule has 4 nitrogen and oxygen atoms in total. The molecular weight excluding hydrogens is 214 g/mol. The van der Waals surface area contributed by atoms with Crippen molar-refractivity contribution in [1.29, 1.82) is 0 Å². The monoisotopic (exact) mass is 231 g/mol. The van der Waals surface area contributed by atoms with Crippen LogP contribution in [-0.2, 0) is 6.54 Å². The Hall–Kier alpha value is -1.68. The lowest BCUT2D eigenvalue weighted by molar-refractivity contribution is 0.420. The van der Waals surface area contributed by atoms with Crippen molar-refractivity contribution in [2.24, 2.45) is 0 Å².